The first-order valence-corrected chi connectivity index (χ1v) is 16.9. The number of carbonyl (C=O) groups is 1. The summed E-state index contributed by atoms with van der Waals surface area (Å²) >= 11 is 0. The van der Waals surface area contributed by atoms with Crippen LogP contribution in [0, 0.1) is 0 Å². The first-order chi connectivity index (χ1) is 26.7. The monoisotopic (exact) mass is 786 g/mol. The van der Waals surface area contributed by atoms with Gasteiger partial charge in [0.15, 0.2) is 35.8 Å². The summed E-state index contributed by atoms with van der Waals surface area (Å²) in [6, 6.07) is 11.3. The predicted octanol–water partition coefficient (Wildman–Crippen LogP) is -0.442. The number of fused-ring (bicyclic) bond motifs is 1. The van der Waals surface area contributed by atoms with Crippen molar-refractivity contribution in [3.63, 3.8) is 0 Å². The van der Waals surface area contributed by atoms with E-state index in [2.05, 4.69) is 0 Å². The lowest BCUT2D eigenvalue weighted by Crippen LogP contribution is -2.65. The first kappa shape index (κ1) is 40.2. The summed E-state index contributed by atoms with van der Waals surface area (Å²) in [4.78, 5) is 27.0. The van der Waals surface area contributed by atoms with Crippen molar-refractivity contribution < 1.29 is 88.7 Å². The highest BCUT2D eigenvalue weighted by Gasteiger charge is 2.53. The molecule has 3 heterocycles. The molecule has 56 heavy (non-hydrogen) atoms. The number of aromatic hydroxyl groups is 4. The standard InChI is InChI=1S/C37H38O19/c1-50-21-10-15(2-8-19(21)42)3-9-25(44)54-34-30(48)27(45)23(13-38)52-36(34)56-35-31(49)28(46)24(14-39)53-37(35)55-33-29(47)26-20(43)11-18(41)12-22(26)51-32(33)16-4-6-17(40)7-5-16/h2-12,23-24,27-28,30-31,34-43,45-46,48-49H,13-14H2,1H3/b9-3+/t23-,24-,27-,28-,30+,31+,34-,35-,36+,37+/m1/s1. The smallest absolute Gasteiger partial charge is 0.331 e. The van der Waals surface area contributed by atoms with Crippen LogP contribution in [0.2, 0.25) is 0 Å². The van der Waals surface area contributed by atoms with E-state index in [-0.39, 0.29) is 34.2 Å². The number of esters is 1. The molecule has 300 valence electrons. The maximum absolute atomic E-state index is 14.0. The van der Waals surface area contributed by atoms with Gasteiger partial charge in [-0.2, -0.15) is 0 Å². The van der Waals surface area contributed by atoms with Crippen LogP contribution < -0.4 is 14.9 Å². The quantitative estimate of drug-likeness (QED) is 0.0680. The topological polar surface area (TPSA) is 305 Å². The lowest BCUT2D eigenvalue weighted by atomic mass is 9.97. The zero-order chi connectivity index (χ0) is 40.4. The second-order valence-corrected chi connectivity index (χ2v) is 12.8. The Morgan fingerprint density at radius 2 is 1.41 bits per heavy atom. The van der Waals surface area contributed by atoms with E-state index in [4.69, 9.17) is 32.8 Å². The molecule has 0 radical (unpaired) electrons. The molecular formula is C37H38O19. The van der Waals surface area contributed by atoms with E-state index in [1.54, 1.807) is 0 Å². The van der Waals surface area contributed by atoms with Crippen LogP contribution in [0.1, 0.15) is 5.56 Å². The Bertz CT molecular complexity index is 2120. The van der Waals surface area contributed by atoms with E-state index in [9.17, 15) is 60.7 Å². The van der Waals surface area contributed by atoms with Crippen molar-refractivity contribution >= 4 is 23.0 Å². The van der Waals surface area contributed by atoms with Crippen molar-refractivity contribution in [3.8, 4) is 45.8 Å². The van der Waals surface area contributed by atoms with Gasteiger partial charge in [-0.25, -0.2) is 4.79 Å². The maximum atomic E-state index is 14.0. The molecule has 19 nitrogen and oxygen atoms in total. The van der Waals surface area contributed by atoms with Gasteiger partial charge in [0.05, 0.1) is 20.3 Å². The molecule has 6 rings (SSSR count). The molecule has 10 atom stereocenters. The van der Waals surface area contributed by atoms with Crippen molar-refractivity contribution in [2.45, 2.75) is 61.4 Å². The van der Waals surface area contributed by atoms with Gasteiger partial charge < -0.3 is 83.9 Å². The normalized spacial score (nSPS) is 28.0. The van der Waals surface area contributed by atoms with Crippen LogP contribution in [0.3, 0.4) is 0 Å². The number of hydrogen-bond acceptors (Lipinski definition) is 19. The second kappa shape index (κ2) is 16.7. The fourth-order valence-electron chi connectivity index (χ4n) is 6.17. The van der Waals surface area contributed by atoms with E-state index in [1.165, 1.54) is 55.7 Å². The fraction of sp³-hybridized carbons (Fsp3) is 0.351. The van der Waals surface area contributed by atoms with Crippen LogP contribution in [-0.2, 0) is 23.7 Å². The highest BCUT2D eigenvalue weighted by molar-refractivity contribution is 5.88. The molecule has 0 aliphatic carbocycles. The summed E-state index contributed by atoms with van der Waals surface area (Å²) in [6.07, 6.45) is -16.4. The van der Waals surface area contributed by atoms with Gasteiger partial charge in [-0.15, -0.1) is 0 Å². The third-order valence-electron chi connectivity index (χ3n) is 9.09. The van der Waals surface area contributed by atoms with Gasteiger partial charge in [-0.1, -0.05) is 6.07 Å². The minimum Gasteiger partial charge on any atom is -0.508 e. The van der Waals surface area contributed by atoms with Gasteiger partial charge in [0.25, 0.3) is 0 Å². The Labute approximate surface area is 315 Å². The lowest BCUT2D eigenvalue weighted by molar-refractivity contribution is -0.358. The summed E-state index contributed by atoms with van der Waals surface area (Å²) in [5.74, 6) is -3.52. The summed E-state index contributed by atoms with van der Waals surface area (Å²) < 4.78 is 39.7. The minimum absolute atomic E-state index is 0.103. The van der Waals surface area contributed by atoms with Crippen LogP contribution in [0.25, 0.3) is 28.4 Å². The highest BCUT2D eigenvalue weighted by Crippen LogP contribution is 2.39. The third kappa shape index (κ3) is 8.07. The van der Waals surface area contributed by atoms with Crippen LogP contribution >= 0.6 is 0 Å². The number of phenols is 4. The molecule has 0 unspecified atom stereocenters. The van der Waals surface area contributed by atoms with Gasteiger partial charge in [-0.3, -0.25) is 4.79 Å². The van der Waals surface area contributed by atoms with Crippen molar-refractivity contribution in [1.29, 1.82) is 0 Å². The van der Waals surface area contributed by atoms with Crippen LogP contribution in [0.4, 0.5) is 0 Å². The molecule has 0 spiro atoms. The molecule has 2 saturated heterocycles. The van der Waals surface area contributed by atoms with E-state index >= 15 is 0 Å². The number of rotatable bonds is 11. The Morgan fingerprint density at radius 1 is 0.768 bits per heavy atom. The zero-order valence-corrected chi connectivity index (χ0v) is 29.2. The first-order valence-electron chi connectivity index (χ1n) is 16.9. The molecule has 2 aliphatic heterocycles. The third-order valence-corrected chi connectivity index (χ3v) is 9.09. The average Bonchev–Trinajstić information content (AvgIpc) is 3.17. The molecule has 0 amide bonds. The van der Waals surface area contributed by atoms with Gasteiger partial charge in [0.2, 0.25) is 17.5 Å². The number of hydrogen-bond donors (Lipinski definition) is 10. The molecule has 1 aromatic heterocycles. The van der Waals surface area contributed by atoms with E-state index in [0.29, 0.717) is 5.56 Å². The largest absolute Gasteiger partial charge is 0.508 e. The minimum atomic E-state index is -2.04. The lowest BCUT2D eigenvalue weighted by Gasteiger charge is -2.46. The molecule has 4 aromatic rings. The molecule has 0 saturated carbocycles. The molecule has 2 aliphatic rings. The highest BCUT2D eigenvalue weighted by atomic mass is 16.8. The van der Waals surface area contributed by atoms with Gasteiger partial charge in [-0.05, 0) is 48.0 Å². The van der Waals surface area contributed by atoms with Crippen LogP contribution in [-0.4, -0.2) is 139 Å². The molecule has 0 bridgehead atoms. The number of aliphatic hydroxyl groups excluding tert-OH is 6. The average molecular weight is 787 g/mol. The number of carbonyl (C=O) groups excluding carboxylic acids is 1. The molecular weight excluding hydrogens is 748 g/mol. The van der Waals surface area contributed by atoms with Crippen LogP contribution in [0.5, 0.6) is 34.5 Å². The number of aliphatic hydroxyl groups is 6. The Balaban J connectivity index is 1.37. The van der Waals surface area contributed by atoms with Crippen molar-refractivity contribution in [3.05, 3.63) is 76.5 Å². The summed E-state index contributed by atoms with van der Waals surface area (Å²) in [6.45, 7) is -1.77. The Kier molecular flexibility index (Phi) is 12.0. The Morgan fingerprint density at radius 3 is 2.05 bits per heavy atom. The molecule has 3 aromatic carbocycles. The summed E-state index contributed by atoms with van der Waals surface area (Å²) in [5.41, 5.74) is -0.815. The zero-order valence-electron chi connectivity index (χ0n) is 29.2. The summed E-state index contributed by atoms with van der Waals surface area (Å²) in [7, 11) is 1.32. The van der Waals surface area contributed by atoms with Crippen molar-refractivity contribution in [2.75, 3.05) is 20.3 Å². The number of benzene rings is 3. The van der Waals surface area contributed by atoms with Crippen molar-refractivity contribution in [2.24, 2.45) is 0 Å². The maximum Gasteiger partial charge on any atom is 0.331 e. The van der Waals surface area contributed by atoms with E-state index < -0.39 is 109 Å². The van der Waals surface area contributed by atoms with Gasteiger partial charge in [0.1, 0.15) is 64.8 Å². The van der Waals surface area contributed by atoms with E-state index in [0.717, 1.165) is 18.2 Å². The molecule has 19 heteroatoms. The Hall–Kier alpha value is -5.48. The number of ether oxygens (including phenoxy) is 6. The predicted molar refractivity (Wildman–Crippen MR) is 188 cm³/mol. The van der Waals surface area contributed by atoms with Gasteiger partial charge >= 0.3 is 5.97 Å². The van der Waals surface area contributed by atoms with Crippen molar-refractivity contribution in [1.82, 2.24) is 0 Å². The second-order valence-electron chi connectivity index (χ2n) is 12.8. The molecule has 2 fully saturated rings. The van der Waals surface area contributed by atoms with E-state index in [1.807, 2.05) is 0 Å². The van der Waals surface area contributed by atoms with Crippen LogP contribution in [0.15, 0.2) is 69.9 Å². The molecule has 10 N–H and O–H groups in total. The fourth-order valence-corrected chi connectivity index (χ4v) is 6.17. The van der Waals surface area contributed by atoms with Gasteiger partial charge in [0, 0.05) is 23.8 Å². The number of phenolic OH excluding ortho intramolecular Hbond substituents is 4. The summed E-state index contributed by atoms with van der Waals surface area (Å²) in [5, 5.41) is 104. The SMILES string of the molecule is COc1cc(/C=C/C(=O)O[C@H]2[C@H](O[C@H]3[C@H](Oc4c(-c5ccc(O)cc5)oc5cc(O)cc(O)c5c4=O)O[C@H](CO)[C@@H](O)[C@@H]3O)O[C@H](CO)[C@@H](O)[C@@H]2O)ccc1O. The number of methoxy groups -OCH3 is 1.